The summed E-state index contributed by atoms with van der Waals surface area (Å²) in [7, 11) is 1.22. The van der Waals surface area contributed by atoms with Crippen molar-refractivity contribution in [1.82, 2.24) is 0 Å². The summed E-state index contributed by atoms with van der Waals surface area (Å²) >= 11 is 15.8. The number of carbonyl (C=O) groups excluding carboxylic acids is 1. The molecule has 2 nitrogen and oxygen atoms in total. The van der Waals surface area contributed by atoms with Gasteiger partial charge in [0.05, 0.1) is 7.11 Å². The Bertz CT molecular complexity index is 104. The lowest BCUT2D eigenvalue weighted by Crippen LogP contribution is -2.22. The van der Waals surface area contributed by atoms with E-state index in [1.165, 1.54) is 7.11 Å². The smallest absolute Gasteiger partial charge is 0.326 e. The molecule has 0 saturated heterocycles. The molecule has 9 heavy (non-hydrogen) atoms. The third-order valence-corrected chi connectivity index (χ3v) is 1.84. The largest absolute Gasteiger partial charge is 0.468 e. The van der Waals surface area contributed by atoms with E-state index in [2.05, 4.69) is 4.74 Å². The lowest BCUT2D eigenvalue weighted by atomic mass is 10.5. The minimum atomic E-state index is -0.974. The van der Waals surface area contributed by atoms with Gasteiger partial charge in [0.2, 0.25) is 0 Å². The number of alkyl halides is 3. The molecule has 0 amide bonds. The quantitative estimate of drug-likeness (QED) is 0.489. The van der Waals surface area contributed by atoms with Crippen LogP contribution in [0.15, 0.2) is 0 Å². The van der Waals surface area contributed by atoms with Gasteiger partial charge in [-0.05, 0) is 0 Å². The second-order valence-electron chi connectivity index (χ2n) is 1.26. The van der Waals surface area contributed by atoms with Gasteiger partial charge in [-0.2, -0.15) is 0 Å². The fourth-order valence-corrected chi connectivity index (χ4v) is 0.510. The molecule has 0 radical (unpaired) electrons. The Labute approximate surface area is 68.0 Å². The number of rotatable bonds is 2. The average Bonchev–Trinajstić information content (AvgIpc) is 1.84. The molecule has 1 atom stereocenters. The lowest BCUT2D eigenvalue weighted by Gasteiger charge is -2.05. The summed E-state index contributed by atoms with van der Waals surface area (Å²) in [6.07, 6.45) is 0. The topological polar surface area (TPSA) is 26.3 Å². The molecule has 0 aliphatic carbocycles. The number of carbonyl (C=O) groups is 1. The van der Waals surface area contributed by atoms with Crippen molar-refractivity contribution in [2.45, 2.75) is 10.2 Å². The van der Waals surface area contributed by atoms with Crippen LogP contribution >= 0.6 is 34.8 Å². The summed E-state index contributed by atoms with van der Waals surface area (Å²) in [6.45, 7) is 0. The molecular formula is C4H5Cl3O2. The van der Waals surface area contributed by atoms with Gasteiger partial charge in [0.15, 0.2) is 5.38 Å². The third kappa shape index (κ3) is 3.14. The molecule has 0 aliphatic heterocycles. The van der Waals surface area contributed by atoms with Gasteiger partial charge in [-0.1, -0.05) is 0 Å². The second kappa shape index (κ2) is 4.20. The van der Waals surface area contributed by atoms with Crippen molar-refractivity contribution in [3.63, 3.8) is 0 Å². The van der Waals surface area contributed by atoms with Crippen molar-refractivity contribution in [3.05, 3.63) is 0 Å². The monoisotopic (exact) mass is 190 g/mol. The van der Waals surface area contributed by atoms with Gasteiger partial charge in [0, 0.05) is 0 Å². The Morgan fingerprint density at radius 2 is 1.89 bits per heavy atom. The summed E-state index contributed by atoms with van der Waals surface area (Å²) < 4.78 is 4.23. The van der Waals surface area contributed by atoms with E-state index in [9.17, 15) is 4.79 Å². The van der Waals surface area contributed by atoms with E-state index in [-0.39, 0.29) is 0 Å². The van der Waals surface area contributed by atoms with E-state index < -0.39 is 16.2 Å². The zero-order chi connectivity index (χ0) is 7.44. The number of hydrogen-bond donors (Lipinski definition) is 0. The van der Waals surface area contributed by atoms with Gasteiger partial charge in [-0.25, -0.2) is 0 Å². The van der Waals surface area contributed by atoms with Crippen molar-refractivity contribution in [2.24, 2.45) is 0 Å². The Morgan fingerprint density at radius 3 is 2.00 bits per heavy atom. The number of methoxy groups -OCH3 is 1. The predicted molar refractivity (Wildman–Crippen MR) is 37.2 cm³/mol. The highest BCUT2D eigenvalue weighted by Gasteiger charge is 2.22. The van der Waals surface area contributed by atoms with Crippen LogP contribution in [0.5, 0.6) is 0 Å². The normalized spacial score (nSPS) is 13.4. The van der Waals surface area contributed by atoms with Crippen LogP contribution in [0.25, 0.3) is 0 Å². The second-order valence-corrected chi connectivity index (χ2v) is 2.89. The summed E-state index contributed by atoms with van der Waals surface area (Å²) in [5.74, 6) is -0.619. The molecule has 54 valence electrons. The minimum absolute atomic E-state index is 0.619. The molecule has 0 fully saturated rings. The fourth-order valence-electron chi connectivity index (χ4n) is 0.215. The van der Waals surface area contributed by atoms with Crippen LogP contribution in [0, 0.1) is 0 Å². The zero-order valence-corrected chi connectivity index (χ0v) is 6.87. The highest BCUT2D eigenvalue weighted by atomic mass is 35.5. The van der Waals surface area contributed by atoms with E-state index in [4.69, 9.17) is 34.8 Å². The van der Waals surface area contributed by atoms with Crippen LogP contribution in [0.4, 0.5) is 0 Å². The molecule has 0 heterocycles. The predicted octanol–water partition coefficient (Wildman–Crippen LogP) is 1.57. The van der Waals surface area contributed by atoms with E-state index in [1.807, 2.05) is 0 Å². The van der Waals surface area contributed by atoms with E-state index in [0.717, 1.165) is 0 Å². The maximum absolute atomic E-state index is 10.4. The zero-order valence-electron chi connectivity index (χ0n) is 4.61. The van der Waals surface area contributed by atoms with Crippen LogP contribution in [0.3, 0.4) is 0 Å². The van der Waals surface area contributed by atoms with Gasteiger partial charge in [0.25, 0.3) is 0 Å². The molecule has 0 bridgehead atoms. The molecule has 0 rings (SSSR count). The van der Waals surface area contributed by atoms with Gasteiger partial charge in [-0.3, -0.25) is 4.79 Å². The number of halogens is 3. The standard InChI is InChI=1S/C4H5Cl3O2/c1-9-4(8)2(5)3(6)7/h2-3H,1H3. The lowest BCUT2D eigenvalue weighted by molar-refractivity contribution is -0.139. The van der Waals surface area contributed by atoms with Crippen molar-refractivity contribution < 1.29 is 9.53 Å². The minimum Gasteiger partial charge on any atom is -0.468 e. The van der Waals surface area contributed by atoms with E-state index in [1.54, 1.807) is 0 Å². The summed E-state index contributed by atoms with van der Waals surface area (Å²) in [5.41, 5.74) is 0. The van der Waals surface area contributed by atoms with Crippen molar-refractivity contribution >= 4 is 40.8 Å². The molecule has 1 unspecified atom stereocenters. The molecular weight excluding hydrogens is 186 g/mol. The third-order valence-electron chi connectivity index (χ3n) is 0.648. The average molecular weight is 191 g/mol. The van der Waals surface area contributed by atoms with Crippen LogP contribution < -0.4 is 0 Å². The molecule has 0 aromatic heterocycles. The number of hydrogen-bond acceptors (Lipinski definition) is 2. The molecule has 5 heteroatoms. The first-order valence-electron chi connectivity index (χ1n) is 2.09. The molecule has 0 spiro atoms. The Kier molecular flexibility index (Phi) is 4.36. The van der Waals surface area contributed by atoms with Gasteiger partial charge in [0.1, 0.15) is 4.84 Å². The number of ether oxygens (including phenoxy) is 1. The van der Waals surface area contributed by atoms with Crippen molar-refractivity contribution in [1.29, 1.82) is 0 Å². The molecule has 0 aromatic rings. The Hall–Kier alpha value is 0.340. The Morgan fingerprint density at radius 1 is 1.44 bits per heavy atom. The fraction of sp³-hybridized carbons (Fsp3) is 0.750. The van der Waals surface area contributed by atoms with Gasteiger partial charge >= 0.3 is 5.97 Å². The maximum Gasteiger partial charge on any atom is 0.326 e. The van der Waals surface area contributed by atoms with Gasteiger partial charge in [-0.15, -0.1) is 34.8 Å². The first-order chi connectivity index (χ1) is 4.09. The first kappa shape index (κ1) is 9.34. The van der Waals surface area contributed by atoms with Crippen LogP contribution in [0.2, 0.25) is 0 Å². The molecule has 0 aromatic carbocycles. The van der Waals surface area contributed by atoms with Gasteiger partial charge < -0.3 is 4.74 Å². The van der Waals surface area contributed by atoms with Crippen molar-refractivity contribution in [3.8, 4) is 0 Å². The summed E-state index contributed by atoms with van der Waals surface area (Å²) in [4.78, 5) is 9.51. The first-order valence-corrected chi connectivity index (χ1v) is 3.40. The Balaban J connectivity index is 3.72. The molecule has 0 saturated carbocycles. The van der Waals surface area contributed by atoms with E-state index >= 15 is 0 Å². The van der Waals surface area contributed by atoms with Crippen LogP contribution in [0.1, 0.15) is 0 Å². The SMILES string of the molecule is COC(=O)C(Cl)C(Cl)Cl. The highest BCUT2D eigenvalue weighted by molar-refractivity contribution is 6.51. The van der Waals surface area contributed by atoms with Crippen LogP contribution in [-0.4, -0.2) is 23.3 Å². The van der Waals surface area contributed by atoms with E-state index in [0.29, 0.717) is 0 Å². The maximum atomic E-state index is 10.4. The summed E-state index contributed by atoms with van der Waals surface area (Å²) in [5, 5.41) is -0.974. The molecule has 0 aliphatic rings. The van der Waals surface area contributed by atoms with Crippen LogP contribution in [-0.2, 0) is 9.53 Å². The van der Waals surface area contributed by atoms with Crippen molar-refractivity contribution in [2.75, 3.05) is 7.11 Å². The number of esters is 1. The highest BCUT2D eigenvalue weighted by Crippen LogP contribution is 2.14. The molecule has 0 N–H and O–H groups in total. The summed E-state index contributed by atoms with van der Waals surface area (Å²) in [6, 6.07) is 0.